The van der Waals surface area contributed by atoms with Gasteiger partial charge in [0.25, 0.3) is 5.91 Å². The van der Waals surface area contributed by atoms with Gasteiger partial charge in [-0.1, -0.05) is 29.3 Å². The van der Waals surface area contributed by atoms with E-state index < -0.39 is 22.0 Å². The monoisotopic (exact) mass is 539 g/mol. The Morgan fingerprint density at radius 1 is 1.08 bits per heavy atom. The fraction of sp³-hybridized carbons (Fsp3) is 0.286. The summed E-state index contributed by atoms with van der Waals surface area (Å²) >= 11 is 5.88. The minimum absolute atomic E-state index is 0.107. The van der Waals surface area contributed by atoms with E-state index in [1.807, 2.05) is 24.3 Å². The van der Waals surface area contributed by atoms with Gasteiger partial charge in [0.1, 0.15) is 18.4 Å². The summed E-state index contributed by atoms with van der Waals surface area (Å²) in [5.74, 6) is 0.268. The number of nitrogens with zero attached hydrogens (tertiary/aromatic N) is 2. The average molecular weight is 540 g/mol. The zero-order valence-corrected chi connectivity index (χ0v) is 22.6. The van der Waals surface area contributed by atoms with Crippen LogP contribution in [0.5, 0.6) is 5.75 Å². The average Bonchev–Trinajstić information content (AvgIpc) is 3.36. The summed E-state index contributed by atoms with van der Waals surface area (Å²) in [6.45, 7) is 7.02. The van der Waals surface area contributed by atoms with Crippen LogP contribution in [0.4, 0.5) is 0 Å². The van der Waals surface area contributed by atoms with Crippen molar-refractivity contribution in [2.24, 2.45) is 5.10 Å². The lowest BCUT2D eigenvalue weighted by atomic mass is 10.0. The highest BCUT2D eigenvalue weighted by molar-refractivity contribution is 7.89. The highest BCUT2D eigenvalue weighted by atomic mass is 35.5. The van der Waals surface area contributed by atoms with Crippen molar-refractivity contribution in [1.82, 2.24) is 9.73 Å². The number of ether oxygens (including phenoxy) is 1. The van der Waals surface area contributed by atoms with Crippen LogP contribution in [-0.4, -0.2) is 37.4 Å². The van der Waals surface area contributed by atoms with Gasteiger partial charge in [-0.25, -0.2) is 13.8 Å². The van der Waals surface area contributed by atoms with Crippen LogP contribution in [0.1, 0.15) is 40.7 Å². The second-order valence-corrected chi connectivity index (χ2v) is 11.5. The number of halogens is 1. The van der Waals surface area contributed by atoms with Crippen LogP contribution in [-0.2, 0) is 21.4 Å². The predicted molar refractivity (Wildman–Crippen MR) is 146 cm³/mol. The molecule has 1 fully saturated rings. The lowest BCUT2D eigenvalue weighted by Gasteiger charge is -2.22. The molecule has 9 heteroatoms. The number of rotatable bonds is 8. The molecule has 7 nitrogen and oxygen atoms in total. The van der Waals surface area contributed by atoms with Gasteiger partial charge >= 0.3 is 0 Å². The Labute approximate surface area is 223 Å². The lowest BCUT2D eigenvalue weighted by molar-refractivity contribution is -0.124. The largest absolute Gasteiger partial charge is 0.489 e. The van der Waals surface area contributed by atoms with Crippen LogP contribution in [0.3, 0.4) is 0 Å². The molecule has 1 heterocycles. The van der Waals surface area contributed by atoms with Crippen LogP contribution in [0, 0.1) is 20.8 Å². The number of amides is 1. The van der Waals surface area contributed by atoms with Gasteiger partial charge in [-0.05, 0) is 104 Å². The molecular formula is C28H30ClN3O4S. The third-order valence-electron chi connectivity index (χ3n) is 6.42. The number of nitrogens with one attached hydrogen (secondary N) is 1. The van der Waals surface area contributed by atoms with Gasteiger partial charge in [-0.2, -0.15) is 9.41 Å². The number of aryl methyl sites for hydroxylation is 3. The Bertz CT molecular complexity index is 1380. The fourth-order valence-electron chi connectivity index (χ4n) is 4.52. The van der Waals surface area contributed by atoms with Gasteiger partial charge in [0, 0.05) is 11.6 Å². The second-order valence-electron chi connectivity index (χ2n) is 9.20. The molecule has 0 aliphatic carbocycles. The first-order valence-corrected chi connectivity index (χ1v) is 13.9. The van der Waals surface area contributed by atoms with Gasteiger partial charge in [0.15, 0.2) is 0 Å². The molecule has 1 N–H and O–H groups in total. The van der Waals surface area contributed by atoms with Crippen LogP contribution >= 0.6 is 11.6 Å². The molecule has 0 unspecified atom stereocenters. The number of benzene rings is 3. The van der Waals surface area contributed by atoms with E-state index in [4.69, 9.17) is 16.3 Å². The number of sulfonamides is 1. The van der Waals surface area contributed by atoms with Gasteiger partial charge < -0.3 is 4.74 Å². The van der Waals surface area contributed by atoms with Crippen LogP contribution in [0.2, 0.25) is 5.02 Å². The molecule has 3 aromatic carbocycles. The molecule has 1 amide bonds. The Morgan fingerprint density at radius 2 is 1.73 bits per heavy atom. The van der Waals surface area contributed by atoms with E-state index in [0.29, 0.717) is 24.5 Å². The van der Waals surface area contributed by atoms with Crippen molar-refractivity contribution in [3.8, 4) is 5.75 Å². The van der Waals surface area contributed by atoms with Crippen molar-refractivity contribution >= 4 is 33.7 Å². The van der Waals surface area contributed by atoms with E-state index in [9.17, 15) is 13.2 Å². The van der Waals surface area contributed by atoms with Gasteiger partial charge in [0.05, 0.1) is 11.1 Å². The molecule has 0 aromatic heterocycles. The molecule has 0 spiro atoms. The van der Waals surface area contributed by atoms with Crippen molar-refractivity contribution in [2.45, 2.75) is 51.2 Å². The summed E-state index contributed by atoms with van der Waals surface area (Å²) in [6, 6.07) is 16.8. The third-order valence-corrected chi connectivity index (χ3v) is 8.59. The number of hydrazone groups is 1. The first-order chi connectivity index (χ1) is 17.6. The standard InChI is InChI=1S/C28H30ClN3O4S/c1-19-15-20(2)26(21(3)16-19)18-36-24-10-6-22(7-11-24)17-30-31-28(33)27-5-4-14-32(27)37(34,35)25-12-8-23(29)9-13-25/h6-13,15-17,27H,4-5,14,18H2,1-3H3,(H,31,33)/b30-17-/t27-/m0/s1. The highest BCUT2D eigenvalue weighted by Gasteiger charge is 2.39. The molecule has 1 aliphatic heterocycles. The molecule has 0 bridgehead atoms. The van der Waals surface area contributed by atoms with Crippen molar-refractivity contribution < 1.29 is 17.9 Å². The lowest BCUT2D eigenvalue weighted by Crippen LogP contribution is -2.44. The summed E-state index contributed by atoms with van der Waals surface area (Å²) < 4.78 is 33.3. The smallest absolute Gasteiger partial charge is 0.258 e. The van der Waals surface area contributed by atoms with Gasteiger partial charge in [0.2, 0.25) is 10.0 Å². The number of hydrogen-bond donors (Lipinski definition) is 1. The van der Waals surface area contributed by atoms with Gasteiger partial charge in [-0.3, -0.25) is 4.79 Å². The van der Waals surface area contributed by atoms with Crippen molar-refractivity contribution in [3.63, 3.8) is 0 Å². The zero-order valence-electron chi connectivity index (χ0n) is 21.1. The topological polar surface area (TPSA) is 88.1 Å². The Hall–Kier alpha value is -3.20. The van der Waals surface area contributed by atoms with Crippen LogP contribution in [0.25, 0.3) is 0 Å². The molecule has 37 heavy (non-hydrogen) atoms. The normalized spacial score (nSPS) is 16.3. The molecule has 194 valence electrons. The second kappa shape index (κ2) is 11.5. The van der Waals surface area contributed by atoms with Crippen LogP contribution < -0.4 is 10.2 Å². The number of carbonyl (C=O) groups excluding carboxylic acids is 1. The van der Waals surface area contributed by atoms with E-state index in [-0.39, 0.29) is 11.4 Å². The van der Waals surface area contributed by atoms with Gasteiger partial charge in [-0.15, -0.1) is 0 Å². The van der Waals surface area contributed by atoms with Crippen molar-refractivity contribution in [2.75, 3.05) is 6.54 Å². The maximum Gasteiger partial charge on any atom is 0.258 e. The molecule has 1 saturated heterocycles. The molecule has 1 atom stereocenters. The fourth-order valence-corrected chi connectivity index (χ4v) is 6.30. The summed E-state index contributed by atoms with van der Waals surface area (Å²) in [4.78, 5) is 12.9. The minimum Gasteiger partial charge on any atom is -0.489 e. The Balaban J connectivity index is 1.34. The molecule has 0 saturated carbocycles. The van der Waals surface area contributed by atoms with Crippen molar-refractivity contribution in [3.05, 3.63) is 93.5 Å². The van der Waals surface area contributed by atoms with Crippen LogP contribution in [0.15, 0.2) is 70.7 Å². The van der Waals surface area contributed by atoms with E-state index in [1.165, 1.54) is 57.0 Å². The van der Waals surface area contributed by atoms with E-state index >= 15 is 0 Å². The maximum absolute atomic E-state index is 13.0. The number of hydrogen-bond acceptors (Lipinski definition) is 5. The maximum atomic E-state index is 13.0. The first kappa shape index (κ1) is 26.9. The molecular weight excluding hydrogens is 510 g/mol. The minimum atomic E-state index is -3.82. The highest BCUT2D eigenvalue weighted by Crippen LogP contribution is 2.27. The Morgan fingerprint density at radius 3 is 2.38 bits per heavy atom. The Kier molecular flexibility index (Phi) is 8.32. The summed E-state index contributed by atoms with van der Waals surface area (Å²) in [5, 5.41) is 4.48. The van der Waals surface area contributed by atoms with E-state index in [1.54, 1.807) is 0 Å². The number of carbonyl (C=O) groups is 1. The third kappa shape index (κ3) is 6.39. The zero-order chi connectivity index (χ0) is 26.6. The quantitative estimate of drug-likeness (QED) is 0.317. The molecule has 4 rings (SSSR count). The molecule has 0 radical (unpaired) electrons. The molecule has 1 aliphatic rings. The van der Waals surface area contributed by atoms with Crippen molar-refractivity contribution in [1.29, 1.82) is 0 Å². The summed E-state index contributed by atoms with van der Waals surface area (Å²) in [7, 11) is -3.82. The summed E-state index contributed by atoms with van der Waals surface area (Å²) in [6.07, 6.45) is 2.54. The van der Waals surface area contributed by atoms with E-state index in [0.717, 1.165) is 11.3 Å². The summed E-state index contributed by atoms with van der Waals surface area (Å²) in [5.41, 5.74) is 8.08. The van der Waals surface area contributed by atoms with E-state index in [2.05, 4.69) is 43.4 Å². The first-order valence-electron chi connectivity index (χ1n) is 12.0. The molecule has 3 aromatic rings. The predicted octanol–water partition coefficient (Wildman–Crippen LogP) is 5.15. The SMILES string of the molecule is Cc1cc(C)c(COc2ccc(/C=N\NC(=O)[C@@H]3CCCN3S(=O)(=O)c3ccc(Cl)cc3)cc2)c(C)c1.